The van der Waals surface area contributed by atoms with E-state index in [1.165, 1.54) is 7.05 Å². The third kappa shape index (κ3) is 4.75. The van der Waals surface area contributed by atoms with E-state index in [2.05, 4.69) is 39.8 Å². The van der Waals surface area contributed by atoms with Crippen molar-refractivity contribution in [2.24, 2.45) is 13.0 Å². The predicted octanol–water partition coefficient (Wildman–Crippen LogP) is 4.05. The summed E-state index contributed by atoms with van der Waals surface area (Å²) < 4.78 is 4.46. The van der Waals surface area contributed by atoms with Gasteiger partial charge in [0.2, 0.25) is 0 Å². The standard InChI is InChI=1S/C26H31N7O2/c1-6-8-19(7-2)20-11-9-18(10-12-20)16-33-23(28-21-13-14-27-29-21)22-24(30-33)32(15-17(3)4)26(35)31(5)25(22)34/h6-14,17H,15-16H2,1-5H3,(H2,27,28,29). The smallest absolute Gasteiger partial charge is 0.325 e. The van der Waals surface area contributed by atoms with E-state index in [1.807, 2.05) is 45.9 Å². The Bertz CT molecular complexity index is 1500. The first-order valence-electron chi connectivity index (χ1n) is 11.7. The molecule has 0 atom stereocenters. The molecule has 182 valence electrons. The molecular formula is C26H31N7O2. The number of benzene rings is 1. The topological polar surface area (TPSA) is 103 Å². The molecule has 0 saturated carbocycles. The molecule has 9 heteroatoms. The van der Waals surface area contributed by atoms with Gasteiger partial charge in [-0.2, -0.15) is 10.2 Å². The van der Waals surface area contributed by atoms with Crippen LogP contribution in [-0.4, -0.2) is 29.1 Å². The van der Waals surface area contributed by atoms with Gasteiger partial charge in [-0.15, -0.1) is 0 Å². The van der Waals surface area contributed by atoms with Crippen molar-refractivity contribution in [2.45, 2.75) is 40.8 Å². The van der Waals surface area contributed by atoms with Crippen LogP contribution >= 0.6 is 0 Å². The Kier molecular flexibility index (Phi) is 6.86. The summed E-state index contributed by atoms with van der Waals surface area (Å²) in [6.45, 7) is 8.94. The Morgan fingerprint density at radius 1 is 1.14 bits per heavy atom. The van der Waals surface area contributed by atoms with E-state index < -0.39 is 5.56 Å². The number of rotatable bonds is 8. The van der Waals surface area contributed by atoms with Crippen molar-refractivity contribution in [3.8, 4) is 0 Å². The number of fused-ring (bicyclic) bond motifs is 1. The summed E-state index contributed by atoms with van der Waals surface area (Å²) in [6.07, 6.45) is 7.79. The predicted molar refractivity (Wildman–Crippen MR) is 140 cm³/mol. The first-order valence-corrected chi connectivity index (χ1v) is 11.7. The van der Waals surface area contributed by atoms with E-state index in [1.54, 1.807) is 21.5 Å². The molecule has 0 radical (unpaired) electrons. The lowest BCUT2D eigenvalue weighted by Gasteiger charge is -2.11. The number of allylic oxidation sites excluding steroid dienone is 4. The van der Waals surface area contributed by atoms with Crippen molar-refractivity contribution in [3.63, 3.8) is 0 Å². The minimum absolute atomic E-state index is 0.202. The number of nitrogens with zero attached hydrogens (tertiary/aromatic N) is 5. The average Bonchev–Trinajstić information content (AvgIpc) is 3.48. The Morgan fingerprint density at radius 2 is 1.89 bits per heavy atom. The summed E-state index contributed by atoms with van der Waals surface area (Å²) in [7, 11) is 1.50. The van der Waals surface area contributed by atoms with Crippen LogP contribution in [-0.2, 0) is 20.1 Å². The maximum Gasteiger partial charge on any atom is 0.332 e. The highest BCUT2D eigenvalue weighted by molar-refractivity contribution is 5.88. The Labute approximate surface area is 203 Å². The molecule has 0 bridgehead atoms. The maximum atomic E-state index is 13.2. The monoisotopic (exact) mass is 473 g/mol. The van der Waals surface area contributed by atoms with Crippen LogP contribution in [0.4, 0.5) is 11.6 Å². The molecule has 0 fully saturated rings. The second-order valence-corrected chi connectivity index (χ2v) is 8.89. The molecule has 3 heterocycles. The first kappa shape index (κ1) is 24.0. The van der Waals surface area contributed by atoms with Gasteiger partial charge in [-0.05, 0) is 36.5 Å². The molecular weight excluding hydrogens is 442 g/mol. The summed E-state index contributed by atoms with van der Waals surface area (Å²) in [6, 6.07) is 10.0. The van der Waals surface area contributed by atoms with Crippen LogP contribution in [0.2, 0.25) is 0 Å². The molecule has 0 aliphatic rings. The molecule has 0 saturated heterocycles. The Morgan fingerprint density at radius 3 is 2.49 bits per heavy atom. The van der Waals surface area contributed by atoms with Gasteiger partial charge in [0.15, 0.2) is 5.65 Å². The molecule has 4 aromatic rings. The van der Waals surface area contributed by atoms with E-state index in [9.17, 15) is 9.59 Å². The molecule has 0 spiro atoms. The zero-order valence-corrected chi connectivity index (χ0v) is 20.7. The molecule has 0 amide bonds. The second-order valence-electron chi connectivity index (χ2n) is 8.89. The summed E-state index contributed by atoms with van der Waals surface area (Å²) >= 11 is 0. The van der Waals surface area contributed by atoms with E-state index in [0.717, 1.165) is 21.3 Å². The first-order chi connectivity index (χ1) is 16.8. The van der Waals surface area contributed by atoms with Crippen LogP contribution < -0.4 is 16.6 Å². The van der Waals surface area contributed by atoms with Gasteiger partial charge in [0, 0.05) is 19.7 Å². The van der Waals surface area contributed by atoms with Crippen LogP contribution in [0.3, 0.4) is 0 Å². The van der Waals surface area contributed by atoms with Crippen LogP contribution in [0.15, 0.2) is 64.3 Å². The zero-order valence-electron chi connectivity index (χ0n) is 20.7. The molecule has 1 aromatic carbocycles. The van der Waals surface area contributed by atoms with Crippen molar-refractivity contribution in [2.75, 3.05) is 5.32 Å². The van der Waals surface area contributed by atoms with Crippen molar-refractivity contribution in [1.29, 1.82) is 0 Å². The van der Waals surface area contributed by atoms with E-state index >= 15 is 0 Å². The van der Waals surface area contributed by atoms with Crippen molar-refractivity contribution < 1.29 is 0 Å². The van der Waals surface area contributed by atoms with Gasteiger partial charge in [-0.1, -0.05) is 56.3 Å². The Hall–Kier alpha value is -4.14. The van der Waals surface area contributed by atoms with Gasteiger partial charge in [-0.3, -0.25) is 19.0 Å². The second kappa shape index (κ2) is 10.0. The van der Waals surface area contributed by atoms with Gasteiger partial charge >= 0.3 is 5.69 Å². The average molecular weight is 474 g/mol. The van der Waals surface area contributed by atoms with Crippen molar-refractivity contribution >= 4 is 28.2 Å². The SMILES string of the molecule is CC=CC(=CC)c1ccc(Cn2nc3c(c2Nc2ccn[nH]2)c(=O)n(C)c(=O)n3CC(C)C)cc1. The lowest BCUT2D eigenvalue weighted by Crippen LogP contribution is -2.38. The minimum Gasteiger partial charge on any atom is -0.325 e. The van der Waals surface area contributed by atoms with Gasteiger partial charge < -0.3 is 5.32 Å². The van der Waals surface area contributed by atoms with Gasteiger partial charge in [-0.25, -0.2) is 9.48 Å². The summed E-state index contributed by atoms with van der Waals surface area (Å²) in [5.41, 5.74) is 2.88. The molecule has 35 heavy (non-hydrogen) atoms. The number of anilines is 2. The van der Waals surface area contributed by atoms with Crippen molar-refractivity contribution in [1.82, 2.24) is 29.1 Å². The fourth-order valence-electron chi connectivity index (χ4n) is 4.10. The van der Waals surface area contributed by atoms with Crippen LogP contribution in [0, 0.1) is 5.92 Å². The number of aromatic amines is 1. The fraction of sp³-hybridized carbons (Fsp3) is 0.308. The van der Waals surface area contributed by atoms with Gasteiger partial charge in [0.1, 0.15) is 17.0 Å². The van der Waals surface area contributed by atoms with E-state index in [0.29, 0.717) is 35.8 Å². The summed E-state index contributed by atoms with van der Waals surface area (Å²) in [5.74, 6) is 1.33. The van der Waals surface area contributed by atoms with E-state index in [-0.39, 0.29) is 11.6 Å². The molecule has 0 aliphatic carbocycles. The third-order valence-corrected chi connectivity index (χ3v) is 5.80. The lowest BCUT2D eigenvalue weighted by atomic mass is 10.0. The highest BCUT2D eigenvalue weighted by atomic mass is 16.2. The largest absolute Gasteiger partial charge is 0.332 e. The zero-order chi connectivity index (χ0) is 25.1. The number of aromatic nitrogens is 6. The van der Waals surface area contributed by atoms with E-state index in [4.69, 9.17) is 5.10 Å². The van der Waals surface area contributed by atoms with Crippen molar-refractivity contribution in [3.05, 3.63) is 86.7 Å². The summed E-state index contributed by atoms with van der Waals surface area (Å²) in [5, 5.41) is 15.2. The normalized spacial score (nSPS) is 12.3. The Balaban J connectivity index is 1.86. The molecule has 2 N–H and O–H groups in total. The highest BCUT2D eigenvalue weighted by Gasteiger charge is 2.22. The number of nitrogens with one attached hydrogen (secondary N) is 2. The molecule has 4 rings (SSSR count). The van der Waals surface area contributed by atoms with Crippen LogP contribution in [0.5, 0.6) is 0 Å². The molecule has 0 aliphatic heterocycles. The fourth-order valence-corrected chi connectivity index (χ4v) is 4.10. The molecule has 9 nitrogen and oxygen atoms in total. The molecule has 0 unspecified atom stereocenters. The highest BCUT2D eigenvalue weighted by Crippen LogP contribution is 2.25. The molecule has 3 aromatic heterocycles. The number of hydrogen-bond acceptors (Lipinski definition) is 5. The number of hydrogen-bond donors (Lipinski definition) is 2. The van der Waals surface area contributed by atoms with Crippen LogP contribution in [0.1, 0.15) is 38.8 Å². The van der Waals surface area contributed by atoms with Gasteiger partial charge in [0.05, 0.1) is 12.7 Å². The third-order valence-electron chi connectivity index (χ3n) is 5.80. The minimum atomic E-state index is -0.391. The maximum absolute atomic E-state index is 13.2. The summed E-state index contributed by atoms with van der Waals surface area (Å²) in [4.78, 5) is 26.2. The number of H-pyrrole nitrogens is 1. The van der Waals surface area contributed by atoms with Gasteiger partial charge in [0.25, 0.3) is 5.56 Å². The quantitative estimate of drug-likeness (QED) is 0.376. The van der Waals surface area contributed by atoms with Crippen LogP contribution in [0.25, 0.3) is 16.6 Å². The lowest BCUT2D eigenvalue weighted by molar-refractivity contribution is 0.498.